The molecule has 0 bridgehead atoms. The fraction of sp³-hybridized carbons (Fsp3) is 0.287. The average Bonchev–Trinajstić information content (AvgIpc) is 1.00. The minimum atomic E-state index is -1.22. The van der Waals surface area contributed by atoms with E-state index < -0.39 is 29.7 Å². The summed E-state index contributed by atoms with van der Waals surface area (Å²) in [6.07, 6.45) is 19.5. The van der Waals surface area contributed by atoms with Crippen molar-refractivity contribution in [3.8, 4) is 44.5 Å². The highest BCUT2D eigenvalue weighted by Gasteiger charge is 2.53. The van der Waals surface area contributed by atoms with Crippen LogP contribution in [0.15, 0.2) is 193 Å². The van der Waals surface area contributed by atoms with Crippen molar-refractivity contribution in [3.05, 3.63) is 237 Å². The summed E-state index contributed by atoms with van der Waals surface area (Å²) >= 11 is 0. The van der Waals surface area contributed by atoms with Crippen molar-refractivity contribution in [1.82, 2.24) is 4.90 Å². The molecule has 15 rings (SSSR count). The van der Waals surface area contributed by atoms with Crippen LogP contribution in [0.3, 0.4) is 0 Å². The minimum absolute atomic E-state index is 0.167. The third-order valence-corrected chi connectivity index (χ3v) is 21.5. The number of carbonyl (C=O) groups is 3. The van der Waals surface area contributed by atoms with E-state index in [9.17, 15) is 19.5 Å². The van der Waals surface area contributed by atoms with Crippen LogP contribution in [0.1, 0.15) is 157 Å². The topological polar surface area (TPSA) is 77.9 Å². The van der Waals surface area contributed by atoms with Gasteiger partial charge in [-0.1, -0.05) is 227 Å². The number of carboxylic acid groups (broad SMARTS) is 1. The first-order valence-corrected chi connectivity index (χ1v) is 31.7. The largest absolute Gasteiger partial charge is 0.480 e. The van der Waals surface area contributed by atoms with Crippen molar-refractivity contribution in [2.75, 3.05) is 11.4 Å². The number of carboxylic acids is 1. The zero-order valence-corrected chi connectivity index (χ0v) is 50.7. The Kier molecular flexibility index (Phi) is 12.4. The molecule has 428 valence electrons. The average molecular weight is 1130 g/mol. The molecule has 2 unspecified atom stereocenters. The van der Waals surface area contributed by atoms with Gasteiger partial charge < -0.3 is 10.0 Å². The van der Waals surface area contributed by atoms with E-state index in [1.165, 1.54) is 144 Å². The number of benzene rings is 8. The van der Waals surface area contributed by atoms with Crippen molar-refractivity contribution in [3.63, 3.8) is 0 Å². The van der Waals surface area contributed by atoms with Gasteiger partial charge in [-0.2, -0.15) is 0 Å². The van der Waals surface area contributed by atoms with Gasteiger partial charge in [-0.3, -0.25) is 19.3 Å². The molecule has 1 aliphatic heterocycles. The second kappa shape index (κ2) is 19.7. The number of rotatable bonds is 16. The molecule has 8 aromatic carbocycles. The maximum Gasteiger partial charge on any atom is 0.323 e. The molecular formula is C80H74N2O4. The highest BCUT2D eigenvalue weighted by Crippen LogP contribution is 2.62. The van der Waals surface area contributed by atoms with Crippen molar-refractivity contribution < 1.29 is 19.5 Å². The summed E-state index contributed by atoms with van der Waals surface area (Å²) in [7, 11) is 0. The molecule has 6 aliphatic carbocycles. The number of unbranched alkanes of at least 4 members (excludes halogenated alkanes) is 6. The summed E-state index contributed by atoms with van der Waals surface area (Å²) in [4.78, 5) is 43.3. The lowest BCUT2D eigenvalue weighted by Gasteiger charge is -2.49. The Bertz CT molecular complexity index is 4310. The monoisotopic (exact) mass is 1130 g/mol. The molecule has 0 fully saturated rings. The fourth-order valence-electron chi connectivity index (χ4n) is 17.2. The summed E-state index contributed by atoms with van der Waals surface area (Å²) in [5.41, 5.74) is 25.9. The van der Waals surface area contributed by atoms with Gasteiger partial charge in [0.05, 0.1) is 0 Å². The van der Waals surface area contributed by atoms with Gasteiger partial charge in [0.15, 0.2) is 0 Å². The van der Waals surface area contributed by atoms with Gasteiger partial charge in [-0.15, -0.1) is 0 Å². The smallest absolute Gasteiger partial charge is 0.323 e. The highest BCUT2D eigenvalue weighted by atomic mass is 16.4. The first-order valence-electron chi connectivity index (χ1n) is 31.7. The van der Waals surface area contributed by atoms with Crippen LogP contribution < -0.4 is 4.90 Å². The number of nitrogens with zero attached hydrogens (tertiary/aromatic N) is 2. The van der Waals surface area contributed by atoms with Gasteiger partial charge in [0, 0.05) is 55.8 Å². The van der Waals surface area contributed by atoms with Crippen LogP contribution in [0.4, 0.5) is 17.1 Å². The Hall–Kier alpha value is -8.61. The quantitative estimate of drug-likeness (QED) is 0.0770. The van der Waals surface area contributed by atoms with Gasteiger partial charge in [-0.25, -0.2) is 0 Å². The zero-order valence-electron chi connectivity index (χ0n) is 50.7. The Morgan fingerprint density at radius 1 is 0.512 bits per heavy atom. The van der Waals surface area contributed by atoms with E-state index in [0.29, 0.717) is 16.7 Å². The molecule has 6 heteroatoms. The fourth-order valence-corrected chi connectivity index (χ4v) is 17.2. The third kappa shape index (κ3) is 7.66. The second-order valence-corrected chi connectivity index (χ2v) is 26.9. The maximum atomic E-state index is 14.0. The molecule has 8 aromatic rings. The first-order chi connectivity index (χ1) is 41.6. The summed E-state index contributed by atoms with van der Waals surface area (Å²) in [5.74, 6) is -2.61. The number of allylic oxidation sites excluding steroid dienone is 4. The Morgan fingerprint density at radius 2 is 1.02 bits per heavy atom. The first kappa shape index (κ1) is 54.1. The number of anilines is 3. The van der Waals surface area contributed by atoms with Crippen LogP contribution in [0.2, 0.25) is 0 Å². The van der Waals surface area contributed by atoms with Crippen molar-refractivity contribution >= 4 is 51.2 Å². The maximum absolute atomic E-state index is 14.0. The normalized spacial score (nSPS) is 19.5. The van der Waals surface area contributed by atoms with Gasteiger partial charge >= 0.3 is 5.97 Å². The van der Waals surface area contributed by atoms with Crippen LogP contribution >= 0.6 is 0 Å². The highest BCUT2D eigenvalue weighted by molar-refractivity contribution is 6.21. The summed E-state index contributed by atoms with van der Waals surface area (Å²) < 4.78 is 0. The molecule has 7 aliphatic rings. The number of carbonyl (C=O) groups excluding carboxylic acids is 2. The lowest BCUT2D eigenvalue weighted by atomic mass is 9.54. The predicted octanol–water partition coefficient (Wildman–Crippen LogP) is 19.3. The summed E-state index contributed by atoms with van der Waals surface area (Å²) in [6, 6.07) is 58.6. The molecule has 0 spiro atoms. The molecule has 1 heterocycles. The summed E-state index contributed by atoms with van der Waals surface area (Å²) in [5, 5.41) is 12.1. The molecule has 0 saturated heterocycles. The van der Waals surface area contributed by atoms with E-state index in [4.69, 9.17) is 0 Å². The standard InChI is InChI=1S/C80H74N2O4/c1-8-10-12-18-40-80(41-19-13-11-9-2)69-43-48(52-35-36-60-61-37-38-62-73-63(76(86)81(75(62)85)47-71(83)84)39-42-79(7,74(61)73)66-26-20-23-59(52)72(60)66)27-31-57(69)58-34-30-51(46-70(58)80)82(49-28-32-55-53-21-14-16-24-64(53)77(3,4)67(55)44-49)50-29-33-56-54-22-15-17-25-65(54)78(5,6)68(56)45-50/h14-17,20-39,42-46,74H,8-13,18-19,40-41,47H2,1-7H3,(H,83,84). The van der Waals surface area contributed by atoms with Gasteiger partial charge in [-0.05, 0) is 172 Å². The number of hydrogen-bond acceptors (Lipinski definition) is 4. The summed E-state index contributed by atoms with van der Waals surface area (Å²) in [6.45, 7) is 15.8. The zero-order chi connectivity index (χ0) is 59.2. The Morgan fingerprint density at radius 3 is 1.62 bits per heavy atom. The molecule has 2 atom stereocenters. The van der Waals surface area contributed by atoms with E-state index in [0.717, 1.165) is 47.3 Å². The van der Waals surface area contributed by atoms with Crippen LogP contribution in [-0.2, 0) is 36.0 Å². The van der Waals surface area contributed by atoms with E-state index in [-0.39, 0.29) is 22.2 Å². The number of aliphatic carboxylic acids is 1. The SMILES string of the molecule is CCCCCCC1(CCCCCC)c2cc(-c3ccc4c5c(cccc35)C3(C)C=CC5=C6C(=CC=C4C63)C(=O)N(CC(=O)O)C5=O)ccc2-c2ccc(N(c3ccc4c(c3)C(C)(C)c3ccccc3-4)c3ccc4c(c3)C(C)(C)c3ccccc3-4)cc21. The molecule has 1 N–H and O–H groups in total. The van der Waals surface area contributed by atoms with E-state index in [1.807, 2.05) is 12.2 Å². The van der Waals surface area contributed by atoms with Gasteiger partial charge in [0.1, 0.15) is 6.54 Å². The van der Waals surface area contributed by atoms with Crippen molar-refractivity contribution in [1.29, 1.82) is 0 Å². The molecule has 86 heavy (non-hydrogen) atoms. The van der Waals surface area contributed by atoms with E-state index >= 15 is 0 Å². The molecule has 6 nitrogen and oxygen atoms in total. The second-order valence-electron chi connectivity index (χ2n) is 26.9. The molecule has 2 amide bonds. The lowest BCUT2D eigenvalue weighted by Crippen LogP contribution is -2.50. The number of fused-ring (bicyclic) bond motifs is 11. The van der Waals surface area contributed by atoms with Crippen LogP contribution in [0.5, 0.6) is 0 Å². The molecule has 0 saturated carbocycles. The molecular weight excluding hydrogens is 1050 g/mol. The minimum Gasteiger partial charge on any atom is -0.480 e. The third-order valence-electron chi connectivity index (χ3n) is 21.5. The molecule has 0 aromatic heterocycles. The van der Waals surface area contributed by atoms with Gasteiger partial charge in [0.25, 0.3) is 11.8 Å². The number of imide groups is 1. The number of hydrogen-bond donors (Lipinski definition) is 1. The van der Waals surface area contributed by atoms with E-state index in [2.05, 4.69) is 217 Å². The van der Waals surface area contributed by atoms with Crippen molar-refractivity contribution in [2.45, 2.75) is 134 Å². The molecule has 0 radical (unpaired) electrons. The van der Waals surface area contributed by atoms with Crippen molar-refractivity contribution in [2.24, 2.45) is 5.92 Å². The Labute approximate surface area is 506 Å². The Balaban J connectivity index is 0.893. The van der Waals surface area contributed by atoms with Crippen LogP contribution in [0, 0.1) is 5.92 Å². The van der Waals surface area contributed by atoms with Crippen LogP contribution in [0.25, 0.3) is 60.9 Å². The lowest BCUT2D eigenvalue weighted by molar-refractivity contribution is -0.149. The number of amides is 2. The van der Waals surface area contributed by atoms with Gasteiger partial charge in [0.2, 0.25) is 0 Å². The van der Waals surface area contributed by atoms with Crippen LogP contribution in [-0.4, -0.2) is 34.3 Å². The van der Waals surface area contributed by atoms with E-state index in [1.54, 1.807) is 0 Å². The predicted molar refractivity (Wildman–Crippen MR) is 350 cm³/mol.